The predicted octanol–water partition coefficient (Wildman–Crippen LogP) is 3.24. The number of fused-ring (bicyclic) bond motifs is 1. The van der Waals surface area contributed by atoms with Crippen molar-refractivity contribution < 1.29 is 14.3 Å². The van der Waals surface area contributed by atoms with Crippen LogP contribution in [0.5, 0.6) is 0 Å². The second kappa shape index (κ2) is 7.48. The summed E-state index contributed by atoms with van der Waals surface area (Å²) in [6, 6.07) is 7.23. The number of aromatic nitrogens is 3. The van der Waals surface area contributed by atoms with Crippen molar-refractivity contribution in [3.8, 4) is 0 Å². The Morgan fingerprint density at radius 1 is 1.30 bits per heavy atom. The van der Waals surface area contributed by atoms with E-state index in [1.165, 1.54) is 11.3 Å². The molecular formula is C19H22N4O3S. The molecule has 1 amide bonds. The van der Waals surface area contributed by atoms with Crippen molar-refractivity contribution in [1.29, 1.82) is 0 Å². The second-order valence-corrected chi connectivity index (χ2v) is 7.48. The largest absolute Gasteiger partial charge is 0.462 e. The first-order valence-corrected chi connectivity index (χ1v) is 9.55. The lowest BCUT2D eigenvalue weighted by atomic mass is 10.2. The third-order valence-corrected chi connectivity index (χ3v) is 5.24. The molecule has 8 heteroatoms. The van der Waals surface area contributed by atoms with Crippen LogP contribution in [-0.2, 0) is 11.8 Å². The third-order valence-electron chi connectivity index (χ3n) is 4.15. The summed E-state index contributed by atoms with van der Waals surface area (Å²) in [5.74, 6) is -0.745. The summed E-state index contributed by atoms with van der Waals surface area (Å²) >= 11 is 1.35. The molecule has 7 nitrogen and oxygen atoms in total. The van der Waals surface area contributed by atoms with Gasteiger partial charge in [0.25, 0.3) is 5.91 Å². The number of hydrogen-bond donors (Lipinski definition) is 0. The van der Waals surface area contributed by atoms with Gasteiger partial charge in [0.15, 0.2) is 10.5 Å². The summed E-state index contributed by atoms with van der Waals surface area (Å²) in [5.41, 5.74) is 2.62. The Kier molecular flexibility index (Phi) is 5.27. The van der Waals surface area contributed by atoms with E-state index in [9.17, 15) is 9.59 Å². The zero-order chi connectivity index (χ0) is 19.7. The van der Waals surface area contributed by atoms with Gasteiger partial charge < -0.3 is 9.30 Å². The average molecular weight is 386 g/mol. The fourth-order valence-electron chi connectivity index (χ4n) is 2.84. The summed E-state index contributed by atoms with van der Waals surface area (Å²) in [5, 5.41) is 4.35. The molecule has 3 aromatic rings. The monoisotopic (exact) mass is 386 g/mol. The third kappa shape index (κ3) is 3.71. The molecule has 2 heterocycles. The van der Waals surface area contributed by atoms with E-state index in [0.29, 0.717) is 22.7 Å². The van der Waals surface area contributed by atoms with Crippen LogP contribution >= 0.6 is 11.3 Å². The Balaban J connectivity index is 2.00. The number of carbonyl (C=O) groups is 2. The highest BCUT2D eigenvalue weighted by atomic mass is 32.1. The number of benzene rings is 1. The van der Waals surface area contributed by atoms with Crippen LogP contribution in [0.15, 0.2) is 29.3 Å². The number of nitrogens with zero attached hydrogens (tertiary/aromatic N) is 4. The fourth-order valence-corrected chi connectivity index (χ4v) is 3.90. The van der Waals surface area contributed by atoms with Gasteiger partial charge in [-0.05, 0) is 52.0 Å². The first-order valence-electron chi connectivity index (χ1n) is 8.73. The minimum atomic E-state index is -0.384. The molecule has 0 saturated heterocycles. The summed E-state index contributed by atoms with van der Waals surface area (Å²) in [6.45, 7) is 8.04. The minimum absolute atomic E-state index is 0.174. The van der Waals surface area contributed by atoms with Gasteiger partial charge in [0.05, 0.1) is 22.4 Å². The van der Waals surface area contributed by atoms with Gasteiger partial charge in [0.2, 0.25) is 0 Å². The van der Waals surface area contributed by atoms with E-state index < -0.39 is 0 Å². The topological polar surface area (TPSA) is 78.5 Å². The van der Waals surface area contributed by atoms with Crippen molar-refractivity contribution in [3.05, 3.63) is 46.0 Å². The van der Waals surface area contributed by atoms with Crippen molar-refractivity contribution in [2.24, 2.45) is 12.0 Å². The number of amides is 1. The number of carbonyl (C=O) groups excluding carboxylic acids is 2. The molecule has 0 unspecified atom stereocenters. The van der Waals surface area contributed by atoms with Gasteiger partial charge >= 0.3 is 5.97 Å². The first-order chi connectivity index (χ1) is 12.8. The van der Waals surface area contributed by atoms with Gasteiger partial charge in [-0.15, -0.1) is 0 Å². The van der Waals surface area contributed by atoms with Crippen molar-refractivity contribution in [2.75, 3.05) is 6.61 Å². The molecule has 0 aliphatic carbocycles. The van der Waals surface area contributed by atoms with Crippen LogP contribution in [0.1, 0.15) is 53.4 Å². The normalized spacial score (nSPS) is 12.1. The van der Waals surface area contributed by atoms with Crippen LogP contribution in [0, 0.1) is 6.92 Å². The summed E-state index contributed by atoms with van der Waals surface area (Å²) < 4.78 is 9.54. The number of aryl methyl sites for hydroxylation is 2. The van der Waals surface area contributed by atoms with E-state index in [4.69, 9.17) is 4.74 Å². The summed E-state index contributed by atoms with van der Waals surface area (Å²) in [6.07, 6.45) is 0. The zero-order valence-corrected chi connectivity index (χ0v) is 16.8. The molecule has 0 atom stereocenters. The van der Waals surface area contributed by atoms with E-state index in [2.05, 4.69) is 10.1 Å². The van der Waals surface area contributed by atoms with Gasteiger partial charge in [-0.3, -0.25) is 9.48 Å². The van der Waals surface area contributed by atoms with Gasteiger partial charge in [0.1, 0.15) is 0 Å². The zero-order valence-electron chi connectivity index (χ0n) is 16.0. The minimum Gasteiger partial charge on any atom is -0.462 e. The highest BCUT2D eigenvalue weighted by Gasteiger charge is 2.15. The Morgan fingerprint density at radius 2 is 2.04 bits per heavy atom. The SMILES string of the molecule is CCOC(=O)c1ccc2c(c1)sc(=NC(=O)c1cc(C)n(C(C)C)n1)n2C. The number of esters is 1. The maximum atomic E-state index is 12.6. The first kappa shape index (κ1) is 19.0. The molecule has 0 N–H and O–H groups in total. The Labute approximate surface area is 160 Å². The molecule has 0 radical (unpaired) electrons. The molecule has 3 rings (SSSR count). The lowest BCUT2D eigenvalue weighted by molar-refractivity contribution is 0.0526. The van der Waals surface area contributed by atoms with E-state index in [1.54, 1.807) is 29.8 Å². The van der Waals surface area contributed by atoms with Gasteiger partial charge in [0, 0.05) is 18.8 Å². The second-order valence-electron chi connectivity index (χ2n) is 6.47. The standard InChI is InChI=1S/C19H22N4O3S/c1-6-26-18(25)13-7-8-15-16(10-13)27-19(22(15)5)20-17(24)14-9-12(4)23(21-14)11(2)3/h7-11H,6H2,1-5H3. The Bertz CT molecular complexity index is 1090. The van der Waals surface area contributed by atoms with Crippen molar-refractivity contribution in [1.82, 2.24) is 14.3 Å². The van der Waals surface area contributed by atoms with E-state index in [0.717, 1.165) is 15.9 Å². The van der Waals surface area contributed by atoms with Crippen molar-refractivity contribution >= 4 is 33.4 Å². The van der Waals surface area contributed by atoms with Crippen LogP contribution in [-0.4, -0.2) is 32.8 Å². The Hall–Kier alpha value is -2.74. The quantitative estimate of drug-likeness (QED) is 0.645. The summed E-state index contributed by atoms with van der Waals surface area (Å²) in [7, 11) is 1.84. The van der Waals surface area contributed by atoms with Crippen molar-refractivity contribution in [2.45, 2.75) is 33.7 Å². The Morgan fingerprint density at radius 3 is 2.67 bits per heavy atom. The maximum absolute atomic E-state index is 12.6. The van der Waals surface area contributed by atoms with E-state index in [-0.39, 0.29) is 17.9 Å². The number of rotatable bonds is 4. The number of ether oxygens (including phenoxy) is 1. The highest BCUT2D eigenvalue weighted by Crippen LogP contribution is 2.19. The lowest BCUT2D eigenvalue weighted by Crippen LogP contribution is -2.14. The van der Waals surface area contributed by atoms with Crippen LogP contribution in [0.25, 0.3) is 10.2 Å². The van der Waals surface area contributed by atoms with Crippen LogP contribution in [0.3, 0.4) is 0 Å². The molecule has 1 aromatic carbocycles. The summed E-state index contributed by atoms with van der Waals surface area (Å²) in [4.78, 5) is 29.3. The molecule has 2 aromatic heterocycles. The van der Waals surface area contributed by atoms with E-state index >= 15 is 0 Å². The molecule has 0 bridgehead atoms. The van der Waals surface area contributed by atoms with Crippen molar-refractivity contribution in [3.63, 3.8) is 0 Å². The predicted molar refractivity (Wildman–Crippen MR) is 104 cm³/mol. The molecule has 0 saturated carbocycles. The molecule has 0 fully saturated rings. The van der Waals surface area contributed by atoms with Crippen LogP contribution in [0.2, 0.25) is 0 Å². The molecule has 0 spiro atoms. The fraction of sp³-hybridized carbons (Fsp3) is 0.368. The van der Waals surface area contributed by atoms with Crippen LogP contribution in [0.4, 0.5) is 0 Å². The highest BCUT2D eigenvalue weighted by molar-refractivity contribution is 7.16. The lowest BCUT2D eigenvalue weighted by Gasteiger charge is -2.06. The van der Waals surface area contributed by atoms with Gasteiger partial charge in [-0.25, -0.2) is 4.79 Å². The molecule has 0 aliphatic heterocycles. The molecule has 0 aliphatic rings. The molecule has 142 valence electrons. The maximum Gasteiger partial charge on any atom is 0.338 e. The van der Waals surface area contributed by atoms with Gasteiger partial charge in [-0.2, -0.15) is 10.1 Å². The number of thiazole rings is 1. The molecular weight excluding hydrogens is 364 g/mol. The van der Waals surface area contributed by atoms with Gasteiger partial charge in [-0.1, -0.05) is 11.3 Å². The average Bonchev–Trinajstić information content (AvgIpc) is 3.16. The smallest absolute Gasteiger partial charge is 0.338 e. The van der Waals surface area contributed by atoms with E-state index in [1.807, 2.05) is 38.5 Å². The number of hydrogen-bond acceptors (Lipinski definition) is 5. The molecule has 27 heavy (non-hydrogen) atoms. The van der Waals surface area contributed by atoms with Crippen LogP contribution < -0.4 is 4.80 Å².